The van der Waals surface area contributed by atoms with Crippen LogP contribution in [0.15, 0.2) is 21.6 Å². The predicted octanol–water partition coefficient (Wildman–Crippen LogP) is 1.76. The molecule has 1 saturated carbocycles. The van der Waals surface area contributed by atoms with Gasteiger partial charge in [0.1, 0.15) is 10.8 Å². The number of nitrogens with zero attached hydrogens (tertiary/aromatic N) is 5. The lowest BCUT2D eigenvalue weighted by Gasteiger charge is -2.56. The van der Waals surface area contributed by atoms with E-state index in [9.17, 15) is 4.79 Å². The molecular formula is C17H20ClN5O2. The highest BCUT2D eigenvalue weighted by atomic mass is 35.5. The third-order valence-corrected chi connectivity index (χ3v) is 6.00. The van der Waals surface area contributed by atoms with E-state index in [0.717, 1.165) is 36.8 Å². The van der Waals surface area contributed by atoms with Crippen LogP contribution < -0.4 is 10.5 Å². The molecule has 0 radical (unpaired) electrons. The van der Waals surface area contributed by atoms with Gasteiger partial charge >= 0.3 is 0 Å². The summed E-state index contributed by atoms with van der Waals surface area (Å²) in [6, 6.07) is 3.03. The summed E-state index contributed by atoms with van der Waals surface area (Å²) in [7, 11) is 1.61. The summed E-state index contributed by atoms with van der Waals surface area (Å²) < 4.78 is 6.73. The zero-order valence-corrected chi connectivity index (χ0v) is 14.8. The highest BCUT2D eigenvalue weighted by Gasteiger charge is 2.45. The van der Waals surface area contributed by atoms with Gasteiger partial charge in [-0.1, -0.05) is 16.8 Å². The first kappa shape index (κ1) is 15.4. The molecule has 8 heteroatoms. The average Bonchev–Trinajstić information content (AvgIpc) is 3.36. The smallest absolute Gasteiger partial charge is 0.287 e. The van der Waals surface area contributed by atoms with E-state index >= 15 is 0 Å². The van der Waals surface area contributed by atoms with Gasteiger partial charge in [0.2, 0.25) is 0 Å². The van der Waals surface area contributed by atoms with E-state index in [1.807, 2.05) is 0 Å². The van der Waals surface area contributed by atoms with Crippen LogP contribution in [0.4, 0.5) is 5.69 Å². The normalized spacial score (nSPS) is 25.9. The van der Waals surface area contributed by atoms with Crippen LogP contribution in [-0.2, 0) is 13.6 Å². The van der Waals surface area contributed by atoms with Gasteiger partial charge in [-0.05, 0) is 19.3 Å². The Morgan fingerprint density at radius 3 is 2.80 bits per heavy atom. The average molecular weight is 362 g/mol. The zero-order chi connectivity index (χ0) is 17.1. The molecule has 2 aromatic heterocycles. The Bertz CT molecular complexity index is 862. The summed E-state index contributed by atoms with van der Waals surface area (Å²) in [5.74, 6) is 1.64. The van der Waals surface area contributed by atoms with Crippen LogP contribution in [0.1, 0.15) is 36.6 Å². The fourth-order valence-electron chi connectivity index (χ4n) is 4.01. The van der Waals surface area contributed by atoms with E-state index in [2.05, 4.69) is 26.1 Å². The fraction of sp³-hybridized carbons (Fsp3) is 0.588. The number of aromatic nitrogens is 3. The lowest BCUT2D eigenvalue weighted by molar-refractivity contribution is -0.0101. The topological polar surface area (TPSA) is 67.4 Å². The molecule has 5 heterocycles. The summed E-state index contributed by atoms with van der Waals surface area (Å²) >= 11 is 6.25. The molecule has 2 aromatic rings. The molecule has 0 aromatic carbocycles. The van der Waals surface area contributed by atoms with E-state index in [4.69, 9.17) is 16.1 Å². The van der Waals surface area contributed by atoms with Crippen LogP contribution in [0.3, 0.4) is 0 Å². The maximum absolute atomic E-state index is 12.0. The van der Waals surface area contributed by atoms with Crippen molar-refractivity contribution in [2.24, 2.45) is 7.05 Å². The molecule has 4 aliphatic rings. The Balaban J connectivity index is 1.29. The van der Waals surface area contributed by atoms with Crippen molar-refractivity contribution in [2.75, 3.05) is 18.0 Å². The Labute approximate surface area is 150 Å². The van der Waals surface area contributed by atoms with Crippen LogP contribution in [0.5, 0.6) is 0 Å². The zero-order valence-electron chi connectivity index (χ0n) is 14.1. The molecule has 1 aliphatic carbocycles. The third kappa shape index (κ3) is 2.57. The predicted molar refractivity (Wildman–Crippen MR) is 92.9 cm³/mol. The quantitative estimate of drug-likeness (QED) is 0.826. The van der Waals surface area contributed by atoms with Crippen LogP contribution in [0.25, 0.3) is 0 Å². The van der Waals surface area contributed by atoms with E-state index < -0.39 is 0 Å². The minimum atomic E-state index is -0.245. The Kier molecular flexibility index (Phi) is 3.43. The van der Waals surface area contributed by atoms with Crippen molar-refractivity contribution >= 4 is 17.3 Å². The van der Waals surface area contributed by atoms with Crippen molar-refractivity contribution in [1.82, 2.24) is 19.8 Å². The number of rotatable bonds is 4. The maximum Gasteiger partial charge on any atom is 0.287 e. The van der Waals surface area contributed by atoms with E-state index in [0.29, 0.717) is 18.0 Å². The van der Waals surface area contributed by atoms with Crippen LogP contribution in [0, 0.1) is 0 Å². The summed E-state index contributed by atoms with van der Waals surface area (Å²) in [6.07, 6.45) is 5.33. The molecular weight excluding hydrogens is 342 g/mol. The van der Waals surface area contributed by atoms with Crippen molar-refractivity contribution in [3.8, 4) is 0 Å². The van der Waals surface area contributed by atoms with E-state index in [-0.39, 0.29) is 10.6 Å². The SMILES string of the molecule is Cn1ncc(N2CC3CC(C2)N3Cc2cc(C3CC3)on2)c(Cl)c1=O. The molecule has 3 aliphatic heterocycles. The number of aryl methyl sites for hydroxylation is 1. The molecule has 7 nitrogen and oxygen atoms in total. The number of piperazine rings is 1. The van der Waals surface area contributed by atoms with Gasteiger partial charge in [-0.2, -0.15) is 5.10 Å². The molecule has 0 N–H and O–H groups in total. The van der Waals surface area contributed by atoms with Crippen LogP contribution in [-0.4, -0.2) is 45.0 Å². The Hall–Kier alpha value is -1.86. The van der Waals surface area contributed by atoms with Gasteiger partial charge in [-0.25, -0.2) is 4.68 Å². The first-order chi connectivity index (χ1) is 12.1. The van der Waals surface area contributed by atoms with Crippen molar-refractivity contribution in [3.05, 3.63) is 39.1 Å². The van der Waals surface area contributed by atoms with Crippen LogP contribution >= 0.6 is 11.6 Å². The van der Waals surface area contributed by atoms with E-state index in [1.54, 1.807) is 13.2 Å². The van der Waals surface area contributed by atoms with Gasteiger partial charge in [-0.3, -0.25) is 9.69 Å². The Morgan fingerprint density at radius 1 is 1.32 bits per heavy atom. The fourth-order valence-corrected chi connectivity index (χ4v) is 4.31. The number of hydrogen-bond acceptors (Lipinski definition) is 6. The number of piperidine rings is 1. The van der Waals surface area contributed by atoms with Crippen LogP contribution in [0.2, 0.25) is 5.02 Å². The molecule has 6 rings (SSSR count). The number of hydrogen-bond donors (Lipinski definition) is 0. The van der Waals surface area contributed by atoms with Crippen molar-refractivity contribution < 1.29 is 4.52 Å². The molecule has 132 valence electrons. The molecule has 4 fully saturated rings. The second-order valence-electron chi connectivity index (χ2n) is 7.39. The maximum atomic E-state index is 12.0. The molecule has 2 atom stereocenters. The van der Waals surface area contributed by atoms with Crippen molar-refractivity contribution in [2.45, 2.75) is 43.8 Å². The number of anilines is 1. The molecule has 2 bridgehead atoms. The number of halogens is 1. The second-order valence-corrected chi connectivity index (χ2v) is 7.77. The highest BCUT2D eigenvalue weighted by molar-refractivity contribution is 6.33. The molecule has 3 saturated heterocycles. The minimum absolute atomic E-state index is 0.245. The molecule has 0 spiro atoms. The van der Waals surface area contributed by atoms with Gasteiger partial charge < -0.3 is 9.42 Å². The van der Waals surface area contributed by atoms with Crippen molar-refractivity contribution in [1.29, 1.82) is 0 Å². The number of fused-ring (bicyclic) bond motifs is 2. The third-order valence-electron chi connectivity index (χ3n) is 5.65. The molecule has 25 heavy (non-hydrogen) atoms. The first-order valence-electron chi connectivity index (χ1n) is 8.78. The molecule has 2 unspecified atom stereocenters. The second kappa shape index (κ2) is 5.57. The van der Waals surface area contributed by atoms with Gasteiger partial charge in [0, 0.05) is 50.7 Å². The lowest BCUT2D eigenvalue weighted by Crippen LogP contribution is -2.68. The summed E-state index contributed by atoms with van der Waals surface area (Å²) in [4.78, 5) is 16.7. The monoisotopic (exact) mass is 361 g/mol. The van der Waals surface area contributed by atoms with Gasteiger partial charge in [0.25, 0.3) is 5.56 Å². The Morgan fingerprint density at radius 2 is 2.08 bits per heavy atom. The summed E-state index contributed by atoms with van der Waals surface area (Å²) in [5.41, 5.74) is 1.53. The largest absolute Gasteiger partial charge is 0.366 e. The van der Waals surface area contributed by atoms with E-state index in [1.165, 1.54) is 23.9 Å². The summed E-state index contributed by atoms with van der Waals surface area (Å²) in [6.45, 7) is 2.55. The molecule has 0 amide bonds. The first-order valence-corrected chi connectivity index (χ1v) is 9.16. The highest BCUT2D eigenvalue weighted by Crippen LogP contribution is 2.41. The van der Waals surface area contributed by atoms with Gasteiger partial charge in [0.05, 0.1) is 17.6 Å². The van der Waals surface area contributed by atoms with Gasteiger partial charge in [0.15, 0.2) is 0 Å². The lowest BCUT2D eigenvalue weighted by atomic mass is 9.87. The summed E-state index contributed by atoms with van der Waals surface area (Å²) in [5, 5.41) is 8.60. The van der Waals surface area contributed by atoms with Gasteiger partial charge in [-0.15, -0.1) is 0 Å². The van der Waals surface area contributed by atoms with Crippen molar-refractivity contribution in [3.63, 3.8) is 0 Å². The standard InChI is InChI=1S/C17H20ClN5O2/c1-21-17(24)16(18)14(6-19-21)22-8-12-5-13(9-22)23(12)7-11-4-15(25-20-11)10-2-3-10/h4,6,10,12-13H,2-3,5,7-9H2,1H3. The minimum Gasteiger partial charge on any atom is -0.366 e.